The minimum atomic E-state index is -0.360. The zero-order chi connectivity index (χ0) is 18.4. The Morgan fingerprint density at radius 1 is 0.960 bits per heavy atom. The number of carbonyl (C=O) groups excluding carboxylic acids is 2. The second kappa shape index (κ2) is 8.71. The lowest BCUT2D eigenvalue weighted by Crippen LogP contribution is -2.59. The molecule has 2 bridgehead atoms. The average Bonchev–Trinajstić information content (AvgIpc) is 3.20. The van der Waals surface area contributed by atoms with E-state index in [1.54, 1.807) is 0 Å². The van der Waals surface area contributed by atoms with E-state index in [2.05, 4.69) is 45.3 Å². The lowest BCUT2D eigenvalue weighted by Gasteiger charge is -2.33. The van der Waals surface area contributed by atoms with Gasteiger partial charge in [0.2, 0.25) is 11.8 Å². The Labute approximate surface area is 149 Å². The van der Waals surface area contributed by atoms with Crippen LogP contribution in [0.5, 0.6) is 0 Å². The Morgan fingerprint density at radius 3 is 1.72 bits per heavy atom. The maximum Gasteiger partial charge on any atom is 0.237 e. The van der Waals surface area contributed by atoms with Gasteiger partial charge in [-0.2, -0.15) is 0 Å². The average molecular weight is 342 g/mol. The zero-order valence-electron chi connectivity index (χ0n) is 14.7. The van der Waals surface area contributed by atoms with Crippen LogP contribution in [0.2, 0.25) is 0 Å². The highest BCUT2D eigenvalue weighted by Gasteiger charge is 2.45. The fraction of sp³-hybridized carbons (Fsp3) is 0.579. The molecular formula is C19H26N4O2. The fourth-order valence-corrected chi connectivity index (χ4v) is 3.59. The molecule has 4 N–H and O–H groups in total. The van der Waals surface area contributed by atoms with Gasteiger partial charge in [-0.25, -0.2) is 0 Å². The third kappa shape index (κ3) is 4.63. The largest absolute Gasteiger partial charge is 0.344 e. The van der Waals surface area contributed by atoms with Crippen LogP contribution in [0.1, 0.15) is 20.3 Å². The van der Waals surface area contributed by atoms with Crippen molar-refractivity contribution in [1.29, 1.82) is 0 Å². The predicted octanol–water partition coefficient (Wildman–Crippen LogP) is -0.615. The standard InChI is InChI=1S/C19H26N4O2/c1-5-9-20-18(24)12(3)22-16-14-7-8-15(11-14)17(16)23-13(4)19(25)21-10-6-2/h1-2,7-8,12-17,22-23H,9-11H2,3-4H3,(H,20,24)(H,21,25)/t12-,13-,14-,15+,16-,17+/m0/s1. The van der Waals surface area contributed by atoms with Gasteiger partial charge in [0.05, 0.1) is 25.2 Å². The Bertz CT molecular complexity index is 564. The second-order valence-electron chi connectivity index (χ2n) is 6.62. The molecule has 6 heteroatoms. The lowest BCUT2D eigenvalue weighted by atomic mass is 9.94. The highest BCUT2D eigenvalue weighted by molar-refractivity contribution is 5.82. The molecule has 6 atom stereocenters. The van der Waals surface area contributed by atoms with Crippen molar-refractivity contribution in [2.75, 3.05) is 13.1 Å². The fourth-order valence-electron chi connectivity index (χ4n) is 3.59. The molecule has 134 valence electrons. The molecule has 2 aliphatic carbocycles. The quantitative estimate of drug-likeness (QED) is 0.350. The van der Waals surface area contributed by atoms with Crippen molar-refractivity contribution < 1.29 is 9.59 Å². The van der Waals surface area contributed by atoms with Crippen LogP contribution in [-0.2, 0) is 9.59 Å². The van der Waals surface area contributed by atoms with E-state index in [1.165, 1.54) is 0 Å². The summed E-state index contributed by atoms with van der Waals surface area (Å²) in [5.41, 5.74) is 0. The summed E-state index contributed by atoms with van der Waals surface area (Å²) in [5.74, 6) is 5.26. The van der Waals surface area contributed by atoms with Crippen LogP contribution in [0.15, 0.2) is 12.2 Å². The van der Waals surface area contributed by atoms with Crippen molar-refractivity contribution in [2.45, 2.75) is 44.4 Å². The first-order chi connectivity index (χ1) is 12.0. The molecule has 0 aromatic heterocycles. The van der Waals surface area contributed by atoms with Gasteiger partial charge < -0.3 is 21.3 Å². The van der Waals surface area contributed by atoms with Gasteiger partial charge in [0, 0.05) is 12.1 Å². The van der Waals surface area contributed by atoms with E-state index in [9.17, 15) is 9.59 Å². The summed E-state index contributed by atoms with van der Waals surface area (Å²) < 4.78 is 0. The highest BCUT2D eigenvalue weighted by Crippen LogP contribution is 2.39. The van der Waals surface area contributed by atoms with Gasteiger partial charge in [0.25, 0.3) is 0 Å². The van der Waals surface area contributed by atoms with Crippen LogP contribution in [0, 0.1) is 36.5 Å². The van der Waals surface area contributed by atoms with Crippen LogP contribution in [0.3, 0.4) is 0 Å². The van der Waals surface area contributed by atoms with E-state index in [0.717, 1.165) is 6.42 Å². The van der Waals surface area contributed by atoms with Gasteiger partial charge in [0.1, 0.15) is 0 Å². The maximum atomic E-state index is 12.1. The summed E-state index contributed by atoms with van der Waals surface area (Å²) in [7, 11) is 0. The van der Waals surface area contributed by atoms with Crippen molar-refractivity contribution in [2.24, 2.45) is 11.8 Å². The van der Waals surface area contributed by atoms with E-state index in [1.807, 2.05) is 13.8 Å². The first-order valence-electron chi connectivity index (χ1n) is 8.60. The number of nitrogens with one attached hydrogen (secondary N) is 4. The first-order valence-corrected chi connectivity index (χ1v) is 8.60. The van der Waals surface area contributed by atoms with Gasteiger partial charge in [-0.1, -0.05) is 24.0 Å². The van der Waals surface area contributed by atoms with Crippen LogP contribution in [0.25, 0.3) is 0 Å². The molecule has 0 unspecified atom stereocenters. The van der Waals surface area contributed by atoms with Crippen LogP contribution >= 0.6 is 0 Å². The third-order valence-electron chi connectivity index (χ3n) is 4.86. The molecule has 0 spiro atoms. The molecule has 0 aromatic carbocycles. The summed E-state index contributed by atoms with van der Waals surface area (Å²) in [6.07, 6.45) is 15.8. The topological polar surface area (TPSA) is 82.3 Å². The molecule has 25 heavy (non-hydrogen) atoms. The molecule has 2 rings (SSSR count). The molecule has 0 aromatic rings. The number of amides is 2. The van der Waals surface area contributed by atoms with Crippen molar-refractivity contribution in [3.05, 3.63) is 12.2 Å². The van der Waals surface area contributed by atoms with Crippen molar-refractivity contribution in [3.8, 4) is 24.7 Å². The van der Waals surface area contributed by atoms with Gasteiger partial charge >= 0.3 is 0 Å². The van der Waals surface area contributed by atoms with Gasteiger partial charge in [-0.3, -0.25) is 9.59 Å². The third-order valence-corrected chi connectivity index (χ3v) is 4.86. The molecule has 1 saturated carbocycles. The number of rotatable bonds is 8. The molecule has 0 heterocycles. The smallest absolute Gasteiger partial charge is 0.237 e. The van der Waals surface area contributed by atoms with E-state index >= 15 is 0 Å². The van der Waals surface area contributed by atoms with Gasteiger partial charge in [-0.15, -0.1) is 12.8 Å². The summed E-state index contributed by atoms with van der Waals surface area (Å²) in [6.45, 7) is 4.08. The number of fused-ring (bicyclic) bond motifs is 2. The molecule has 0 radical (unpaired) electrons. The van der Waals surface area contributed by atoms with Crippen molar-refractivity contribution in [3.63, 3.8) is 0 Å². The van der Waals surface area contributed by atoms with Crippen LogP contribution < -0.4 is 21.3 Å². The van der Waals surface area contributed by atoms with Crippen molar-refractivity contribution >= 4 is 11.8 Å². The Balaban J connectivity index is 1.96. The Morgan fingerprint density at radius 2 is 1.36 bits per heavy atom. The summed E-state index contributed by atoms with van der Waals surface area (Å²) in [5, 5.41) is 12.2. The lowest BCUT2D eigenvalue weighted by molar-refractivity contribution is -0.124. The van der Waals surface area contributed by atoms with E-state index in [-0.39, 0.29) is 49.1 Å². The summed E-state index contributed by atoms with van der Waals surface area (Å²) >= 11 is 0. The molecule has 0 saturated heterocycles. The van der Waals surface area contributed by atoms with Crippen LogP contribution in [0.4, 0.5) is 0 Å². The van der Waals surface area contributed by atoms with Gasteiger partial charge in [0.15, 0.2) is 0 Å². The van der Waals surface area contributed by atoms with Crippen molar-refractivity contribution in [1.82, 2.24) is 21.3 Å². The second-order valence-corrected chi connectivity index (χ2v) is 6.62. The van der Waals surface area contributed by atoms with E-state index in [0.29, 0.717) is 11.8 Å². The number of hydrogen-bond acceptors (Lipinski definition) is 4. The number of carbonyl (C=O) groups is 2. The Kier molecular flexibility index (Phi) is 6.64. The minimum absolute atomic E-state index is 0.0875. The maximum absolute atomic E-state index is 12.1. The van der Waals surface area contributed by atoms with E-state index < -0.39 is 0 Å². The number of hydrogen-bond donors (Lipinski definition) is 4. The minimum Gasteiger partial charge on any atom is -0.344 e. The molecule has 2 aliphatic rings. The molecule has 1 fully saturated rings. The first kappa shape index (κ1) is 19.1. The van der Waals surface area contributed by atoms with Crippen LogP contribution in [-0.4, -0.2) is 49.1 Å². The molecular weight excluding hydrogens is 316 g/mol. The monoisotopic (exact) mass is 342 g/mol. The molecule has 6 nitrogen and oxygen atoms in total. The normalized spacial score (nSPS) is 28.6. The summed E-state index contributed by atoms with van der Waals surface area (Å²) in [6, 6.07) is -0.545. The Hall–Kier alpha value is -2.28. The van der Waals surface area contributed by atoms with Gasteiger partial charge in [-0.05, 0) is 32.1 Å². The summed E-state index contributed by atoms with van der Waals surface area (Å²) in [4.78, 5) is 24.1. The zero-order valence-corrected chi connectivity index (χ0v) is 14.7. The molecule has 2 amide bonds. The predicted molar refractivity (Wildman–Crippen MR) is 97.2 cm³/mol. The molecule has 0 aliphatic heterocycles. The number of terminal acetylenes is 2. The van der Waals surface area contributed by atoms with E-state index in [4.69, 9.17) is 12.8 Å². The SMILES string of the molecule is C#CCNC(=O)[C@H](C)N[C@@H]1[C@H](N[C@@H](C)C(=O)NCC#C)[C@@H]2C=C[C@H]1C2. The highest BCUT2D eigenvalue weighted by atomic mass is 16.2.